The SMILES string of the molecule is c1ccn2c(CNC3CCCNCC3)nnc2c1. The quantitative estimate of drug-likeness (QED) is 0.846. The minimum atomic E-state index is 0.594. The first-order valence-electron chi connectivity index (χ1n) is 6.66. The molecule has 5 heteroatoms. The van der Waals surface area contributed by atoms with E-state index in [1.165, 1.54) is 19.3 Å². The normalized spacial score (nSPS) is 21.0. The van der Waals surface area contributed by atoms with Gasteiger partial charge in [-0.25, -0.2) is 0 Å². The Balaban J connectivity index is 1.65. The minimum absolute atomic E-state index is 0.594. The van der Waals surface area contributed by atoms with Crippen LogP contribution in [-0.2, 0) is 6.54 Å². The van der Waals surface area contributed by atoms with E-state index in [-0.39, 0.29) is 0 Å². The fourth-order valence-corrected chi connectivity index (χ4v) is 2.47. The molecule has 0 amide bonds. The lowest BCUT2D eigenvalue weighted by Gasteiger charge is -2.14. The molecule has 1 saturated heterocycles. The van der Waals surface area contributed by atoms with Crippen LogP contribution in [0.2, 0.25) is 0 Å². The van der Waals surface area contributed by atoms with Crippen molar-refractivity contribution in [3.8, 4) is 0 Å². The second-order valence-corrected chi connectivity index (χ2v) is 4.80. The average Bonchev–Trinajstić information content (AvgIpc) is 2.64. The number of nitrogens with one attached hydrogen (secondary N) is 2. The Bertz CT molecular complexity index is 499. The van der Waals surface area contributed by atoms with Gasteiger partial charge in [0.1, 0.15) is 0 Å². The largest absolute Gasteiger partial charge is 0.317 e. The highest BCUT2D eigenvalue weighted by molar-refractivity contribution is 5.36. The van der Waals surface area contributed by atoms with Crippen molar-refractivity contribution in [1.82, 2.24) is 25.2 Å². The third kappa shape index (κ3) is 2.52. The number of rotatable bonds is 3. The summed E-state index contributed by atoms with van der Waals surface area (Å²) >= 11 is 0. The maximum Gasteiger partial charge on any atom is 0.160 e. The van der Waals surface area contributed by atoms with Crippen LogP contribution in [0.25, 0.3) is 5.65 Å². The smallest absolute Gasteiger partial charge is 0.160 e. The van der Waals surface area contributed by atoms with Crippen LogP contribution >= 0.6 is 0 Å². The van der Waals surface area contributed by atoms with Gasteiger partial charge in [0.05, 0.1) is 6.54 Å². The molecule has 0 aliphatic carbocycles. The second-order valence-electron chi connectivity index (χ2n) is 4.80. The van der Waals surface area contributed by atoms with Gasteiger partial charge in [0.15, 0.2) is 11.5 Å². The molecule has 3 heterocycles. The fourth-order valence-electron chi connectivity index (χ4n) is 2.47. The molecule has 96 valence electrons. The molecular formula is C13H19N5. The number of hydrogen-bond acceptors (Lipinski definition) is 4. The molecule has 2 aromatic rings. The Hall–Kier alpha value is -1.46. The number of aromatic nitrogens is 3. The van der Waals surface area contributed by atoms with Crippen LogP contribution in [0.4, 0.5) is 0 Å². The van der Waals surface area contributed by atoms with Gasteiger partial charge in [-0.2, -0.15) is 0 Å². The van der Waals surface area contributed by atoms with Crippen molar-refractivity contribution in [2.75, 3.05) is 13.1 Å². The van der Waals surface area contributed by atoms with Crippen molar-refractivity contribution in [2.24, 2.45) is 0 Å². The first-order chi connectivity index (χ1) is 8.93. The molecule has 0 spiro atoms. The summed E-state index contributed by atoms with van der Waals surface area (Å²) in [6.07, 6.45) is 5.69. The van der Waals surface area contributed by atoms with Gasteiger partial charge in [0.2, 0.25) is 0 Å². The molecular weight excluding hydrogens is 226 g/mol. The molecule has 1 atom stereocenters. The van der Waals surface area contributed by atoms with Crippen molar-refractivity contribution < 1.29 is 0 Å². The zero-order valence-corrected chi connectivity index (χ0v) is 10.5. The number of fused-ring (bicyclic) bond motifs is 1. The maximum absolute atomic E-state index is 4.24. The molecule has 0 bridgehead atoms. The fraction of sp³-hybridized carbons (Fsp3) is 0.538. The molecule has 1 aliphatic heterocycles. The van der Waals surface area contributed by atoms with E-state index < -0.39 is 0 Å². The van der Waals surface area contributed by atoms with E-state index >= 15 is 0 Å². The third-order valence-corrected chi connectivity index (χ3v) is 3.51. The lowest BCUT2D eigenvalue weighted by atomic mass is 10.1. The van der Waals surface area contributed by atoms with E-state index in [4.69, 9.17) is 0 Å². The topological polar surface area (TPSA) is 54.2 Å². The molecule has 5 nitrogen and oxygen atoms in total. The molecule has 0 aromatic carbocycles. The number of pyridine rings is 1. The van der Waals surface area contributed by atoms with Gasteiger partial charge in [-0.1, -0.05) is 6.07 Å². The Morgan fingerprint density at radius 1 is 1.28 bits per heavy atom. The summed E-state index contributed by atoms with van der Waals surface area (Å²) in [7, 11) is 0. The Kier molecular flexibility index (Phi) is 3.52. The summed E-state index contributed by atoms with van der Waals surface area (Å²) in [6, 6.07) is 6.57. The Morgan fingerprint density at radius 3 is 3.28 bits per heavy atom. The summed E-state index contributed by atoms with van der Waals surface area (Å²) in [5.74, 6) is 0.989. The zero-order valence-electron chi connectivity index (χ0n) is 10.5. The highest BCUT2D eigenvalue weighted by Crippen LogP contribution is 2.07. The van der Waals surface area contributed by atoms with Crippen LogP contribution in [0.3, 0.4) is 0 Å². The molecule has 1 aliphatic rings. The molecule has 3 rings (SSSR count). The summed E-state index contributed by atoms with van der Waals surface area (Å²) in [5, 5.41) is 15.4. The highest BCUT2D eigenvalue weighted by atomic mass is 15.3. The average molecular weight is 245 g/mol. The predicted octanol–water partition coefficient (Wildman–Crippen LogP) is 0.961. The van der Waals surface area contributed by atoms with E-state index in [1.807, 2.05) is 28.8 Å². The van der Waals surface area contributed by atoms with E-state index in [2.05, 4.69) is 20.8 Å². The zero-order chi connectivity index (χ0) is 12.2. The Labute approximate surface area is 107 Å². The highest BCUT2D eigenvalue weighted by Gasteiger charge is 2.12. The Morgan fingerprint density at radius 2 is 2.28 bits per heavy atom. The van der Waals surface area contributed by atoms with Gasteiger partial charge in [-0.05, 0) is 44.5 Å². The number of hydrogen-bond donors (Lipinski definition) is 2. The second kappa shape index (κ2) is 5.46. The molecule has 0 saturated carbocycles. The molecule has 0 radical (unpaired) electrons. The molecule has 2 N–H and O–H groups in total. The van der Waals surface area contributed by atoms with Crippen molar-refractivity contribution in [3.05, 3.63) is 30.2 Å². The van der Waals surface area contributed by atoms with Crippen molar-refractivity contribution in [3.63, 3.8) is 0 Å². The summed E-state index contributed by atoms with van der Waals surface area (Å²) in [4.78, 5) is 0. The van der Waals surface area contributed by atoms with E-state index in [0.717, 1.165) is 31.1 Å². The van der Waals surface area contributed by atoms with Gasteiger partial charge >= 0.3 is 0 Å². The summed E-state index contributed by atoms with van der Waals surface area (Å²) < 4.78 is 2.04. The van der Waals surface area contributed by atoms with E-state index in [1.54, 1.807) is 0 Å². The monoisotopic (exact) mass is 245 g/mol. The van der Waals surface area contributed by atoms with E-state index in [0.29, 0.717) is 6.04 Å². The molecule has 1 fully saturated rings. The van der Waals surface area contributed by atoms with Crippen LogP contribution in [0.5, 0.6) is 0 Å². The van der Waals surface area contributed by atoms with Gasteiger partial charge in [-0.15, -0.1) is 10.2 Å². The maximum atomic E-state index is 4.24. The van der Waals surface area contributed by atoms with Crippen LogP contribution in [0.15, 0.2) is 24.4 Å². The first kappa shape index (κ1) is 11.6. The molecule has 2 aromatic heterocycles. The van der Waals surface area contributed by atoms with Crippen molar-refractivity contribution in [1.29, 1.82) is 0 Å². The lowest BCUT2D eigenvalue weighted by molar-refractivity contribution is 0.460. The predicted molar refractivity (Wildman–Crippen MR) is 70.3 cm³/mol. The third-order valence-electron chi connectivity index (χ3n) is 3.51. The molecule has 1 unspecified atom stereocenters. The minimum Gasteiger partial charge on any atom is -0.317 e. The van der Waals surface area contributed by atoms with Crippen molar-refractivity contribution >= 4 is 5.65 Å². The van der Waals surface area contributed by atoms with Gasteiger partial charge in [0, 0.05) is 12.2 Å². The summed E-state index contributed by atoms with van der Waals surface area (Å²) in [6.45, 7) is 3.04. The van der Waals surface area contributed by atoms with Crippen molar-refractivity contribution in [2.45, 2.75) is 31.8 Å². The van der Waals surface area contributed by atoms with Crippen LogP contribution in [-0.4, -0.2) is 33.7 Å². The van der Waals surface area contributed by atoms with Gasteiger partial charge in [0.25, 0.3) is 0 Å². The number of nitrogens with zero attached hydrogens (tertiary/aromatic N) is 3. The molecule has 18 heavy (non-hydrogen) atoms. The summed E-state index contributed by atoms with van der Waals surface area (Å²) in [5.41, 5.74) is 0.914. The van der Waals surface area contributed by atoms with Crippen LogP contribution in [0, 0.1) is 0 Å². The van der Waals surface area contributed by atoms with Gasteiger partial charge in [-0.3, -0.25) is 4.40 Å². The lowest BCUT2D eigenvalue weighted by Crippen LogP contribution is -2.30. The first-order valence-corrected chi connectivity index (χ1v) is 6.66. The van der Waals surface area contributed by atoms with Gasteiger partial charge < -0.3 is 10.6 Å². The van der Waals surface area contributed by atoms with Crippen LogP contribution in [0.1, 0.15) is 25.1 Å². The standard InChI is InChI=1S/C13H19N5/c1-2-9-18-12(5-1)16-17-13(18)10-15-11-4-3-7-14-8-6-11/h1-2,5,9,11,14-15H,3-4,6-8,10H2. The van der Waals surface area contributed by atoms with Crippen LogP contribution < -0.4 is 10.6 Å². The van der Waals surface area contributed by atoms with E-state index in [9.17, 15) is 0 Å².